The number of fused-ring (bicyclic) bond motifs is 1. The van der Waals surface area contributed by atoms with Gasteiger partial charge in [-0.2, -0.15) is 0 Å². The fraction of sp³-hybridized carbons (Fsp3) is 0.200. The number of rotatable bonds is 6. The second-order valence-electron chi connectivity index (χ2n) is 8.52. The minimum absolute atomic E-state index is 0.221. The van der Waals surface area contributed by atoms with Gasteiger partial charge in [-0.3, -0.25) is 10.1 Å². The Morgan fingerprint density at radius 2 is 1.81 bits per heavy atom. The van der Waals surface area contributed by atoms with Crippen molar-refractivity contribution >= 4 is 46.1 Å². The maximum Gasteiger partial charge on any atom is 0.433 e. The van der Waals surface area contributed by atoms with Crippen molar-refractivity contribution in [2.24, 2.45) is 0 Å². The number of phenolic OH excluding ortho intramolecular Hbond substituents is 2. The molecule has 11 nitrogen and oxygen atoms in total. The summed E-state index contributed by atoms with van der Waals surface area (Å²) in [6.45, 7) is 3.77. The average Bonchev–Trinajstić information content (AvgIpc) is 3.35. The van der Waals surface area contributed by atoms with Crippen molar-refractivity contribution in [2.45, 2.75) is 0 Å². The molecule has 3 heterocycles. The van der Waals surface area contributed by atoms with Crippen molar-refractivity contribution in [1.29, 1.82) is 0 Å². The highest BCUT2D eigenvalue weighted by Gasteiger charge is 2.17. The number of aromatic nitrogens is 2. The average molecular weight is 489 g/mol. The van der Waals surface area contributed by atoms with Gasteiger partial charge in [0.25, 0.3) is 0 Å². The van der Waals surface area contributed by atoms with Crippen LogP contribution in [0.3, 0.4) is 0 Å². The number of nitrogens with zero attached hydrogens (tertiary/aromatic N) is 5. The van der Waals surface area contributed by atoms with E-state index < -0.39 is 4.92 Å². The molecule has 184 valence electrons. The topological polar surface area (TPSA) is 141 Å². The van der Waals surface area contributed by atoms with Crippen molar-refractivity contribution in [2.75, 3.05) is 43.4 Å². The van der Waals surface area contributed by atoms with Crippen LogP contribution in [0.4, 0.5) is 23.1 Å². The molecule has 0 amide bonds. The van der Waals surface area contributed by atoms with Gasteiger partial charge in [0, 0.05) is 49.0 Å². The number of benzene rings is 2. The van der Waals surface area contributed by atoms with Crippen molar-refractivity contribution < 1.29 is 19.6 Å². The van der Waals surface area contributed by atoms with E-state index in [9.17, 15) is 20.3 Å². The Labute approximate surface area is 206 Å². The number of hydrogen-bond donors (Lipinski definition) is 3. The molecular formula is C25H24N6O5. The molecular weight excluding hydrogens is 464 g/mol. The SMILES string of the molecule is CN1CCN(c2ccc3nc(/C=C/c4ccc([N+](=O)[O-])o4)nc(Nc4ccc(O)c(O)c4)c3c2)CC1. The van der Waals surface area contributed by atoms with Crippen molar-refractivity contribution in [3.8, 4) is 11.5 Å². The zero-order chi connectivity index (χ0) is 25.2. The third-order valence-corrected chi connectivity index (χ3v) is 5.99. The van der Waals surface area contributed by atoms with Crippen LogP contribution in [-0.2, 0) is 0 Å². The first kappa shape index (κ1) is 23.1. The minimum Gasteiger partial charge on any atom is -0.504 e. The lowest BCUT2D eigenvalue weighted by atomic mass is 10.1. The van der Waals surface area contributed by atoms with Crippen LogP contribution in [-0.4, -0.2) is 63.2 Å². The molecule has 1 saturated heterocycles. The highest BCUT2D eigenvalue weighted by atomic mass is 16.6. The lowest BCUT2D eigenvalue weighted by Gasteiger charge is -2.34. The second kappa shape index (κ2) is 9.55. The number of aromatic hydroxyl groups is 2. The predicted octanol–water partition coefficient (Wildman–Crippen LogP) is 4.21. The van der Waals surface area contributed by atoms with Crippen molar-refractivity contribution in [3.63, 3.8) is 0 Å². The molecule has 1 fully saturated rings. The van der Waals surface area contributed by atoms with E-state index in [0.717, 1.165) is 37.3 Å². The van der Waals surface area contributed by atoms with Crippen LogP contribution in [0.2, 0.25) is 0 Å². The molecule has 2 aromatic carbocycles. The zero-order valence-electron chi connectivity index (χ0n) is 19.5. The predicted molar refractivity (Wildman–Crippen MR) is 137 cm³/mol. The van der Waals surface area contributed by atoms with Gasteiger partial charge in [-0.15, -0.1) is 0 Å². The second-order valence-corrected chi connectivity index (χ2v) is 8.52. The molecule has 1 aliphatic heterocycles. The Kier molecular flexibility index (Phi) is 6.13. The first-order chi connectivity index (χ1) is 17.4. The summed E-state index contributed by atoms with van der Waals surface area (Å²) in [6, 6.07) is 13.2. The highest BCUT2D eigenvalue weighted by molar-refractivity contribution is 5.94. The van der Waals surface area contributed by atoms with E-state index >= 15 is 0 Å². The summed E-state index contributed by atoms with van der Waals surface area (Å²) in [5, 5.41) is 34.5. The summed E-state index contributed by atoms with van der Waals surface area (Å²) in [4.78, 5) is 24.2. The molecule has 0 spiro atoms. The Bertz CT molecular complexity index is 1460. The molecule has 0 aliphatic carbocycles. The van der Waals surface area contributed by atoms with Crippen LogP contribution in [0.15, 0.2) is 52.9 Å². The summed E-state index contributed by atoms with van der Waals surface area (Å²) in [7, 11) is 2.11. The van der Waals surface area contributed by atoms with Crippen LogP contribution in [0, 0.1) is 10.1 Å². The summed E-state index contributed by atoms with van der Waals surface area (Å²) < 4.78 is 5.18. The van der Waals surface area contributed by atoms with Gasteiger partial charge in [-0.05, 0) is 55.6 Å². The molecule has 11 heteroatoms. The van der Waals surface area contributed by atoms with Crippen LogP contribution in [0.25, 0.3) is 23.1 Å². The molecule has 0 atom stereocenters. The lowest BCUT2D eigenvalue weighted by Crippen LogP contribution is -2.44. The molecule has 5 rings (SSSR count). The number of phenols is 2. The van der Waals surface area contributed by atoms with E-state index in [-0.39, 0.29) is 17.4 Å². The molecule has 2 aromatic heterocycles. The van der Waals surface area contributed by atoms with Gasteiger partial charge in [0.2, 0.25) is 0 Å². The number of likely N-dealkylation sites (N-methyl/N-ethyl adjacent to an activating group) is 1. The van der Waals surface area contributed by atoms with Gasteiger partial charge in [-0.1, -0.05) is 0 Å². The third kappa shape index (κ3) is 4.91. The quantitative estimate of drug-likeness (QED) is 0.156. The lowest BCUT2D eigenvalue weighted by molar-refractivity contribution is -0.402. The van der Waals surface area contributed by atoms with E-state index in [1.165, 1.54) is 24.3 Å². The van der Waals surface area contributed by atoms with Gasteiger partial charge in [0.05, 0.1) is 11.6 Å². The van der Waals surface area contributed by atoms with E-state index in [1.807, 2.05) is 18.2 Å². The smallest absolute Gasteiger partial charge is 0.433 e. The number of furan rings is 1. The van der Waals surface area contributed by atoms with Crippen LogP contribution in [0.1, 0.15) is 11.6 Å². The van der Waals surface area contributed by atoms with Crippen LogP contribution < -0.4 is 10.2 Å². The molecule has 0 bridgehead atoms. The Hall–Kier alpha value is -4.64. The van der Waals surface area contributed by atoms with Gasteiger partial charge in [-0.25, -0.2) is 9.97 Å². The number of nitrogens with one attached hydrogen (secondary N) is 1. The maximum atomic E-state index is 10.9. The number of anilines is 3. The van der Waals surface area contributed by atoms with Gasteiger partial charge < -0.3 is 29.7 Å². The monoisotopic (exact) mass is 488 g/mol. The summed E-state index contributed by atoms with van der Waals surface area (Å²) in [5.41, 5.74) is 2.28. The standard InChI is InChI=1S/C25H24N6O5/c1-29-10-12-30(13-11-29)17-3-6-20-19(15-17)25(26-16-2-7-21(32)22(33)14-16)28-23(27-20)8-4-18-5-9-24(36-18)31(34)35/h2-9,14-15,32-33H,10-13H2,1H3,(H,26,27,28)/b8-4+. The summed E-state index contributed by atoms with van der Waals surface area (Å²) >= 11 is 0. The van der Waals surface area contributed by atoms with Crippen molar-refractivity contribution in [3.05, 3.63) is 70.2 Å². The minimum atomic E-state index is -0.600. The van der Waals surface area contributed by atoms with Gasteiger partial charge in [0.1, 0.15) is 16.5 Å². The molecule has 0 radical (unpaired) electrons. The van der Waals surface area contributed by atoms with Gasteiger partial charge >= 0.3 is 5.88 Å². The van der Waals surface area contributed by atoms with Crippen LogP contribution in [0.5, 0.6) is 11.5 Å². The number of hydrogen-bond acceptors (Lipinski definition) is 10. The fourth-order valence-electron chi connectivity index (χ4n) is 3.99. The molecule has 4 aromatic rings. The largest absolute Gasteiger partial charge is 0.504 e. The highest BCUT2D eigenvalue weighted by Crippen LogP contribution is 2.32. The van der Waals surface area contributed by atoms with Crippen molar-refractivity contribution in [1.82, 2.24) is 14.9 Å². The van der Waals surface area contributed by atoms with Crippen LogP contribution >= 0.6 is 0 Å². The molecule has 1 aliphatic rings. The van der Waals surface area contributed by atoms with E-state index in [0.29, 0.717) is 28.6 Å². The molecule has 0 unspecified atom stereocenters. The molecule has 36 heavy (non-hydrogen) atoms. The Balaban J connectivity index is 1.53. The van der Waals surface area contributed by atoms with E-state index in [2.05, 4.69) is 32.1 Å². The molecule has 3 N–H and O–H groups in total. The Morgan fingerprint density at radius 1 is 1.00 bits per heavy atom. The van der Waals surface area contributed by atoms with E-state index in [1.54, 1.807) is 18.2 Å². The summed E-state index contributed by atoms with van der Waals surface area (Å²) in [6.07, 6.45) is 3.17. The molecule has 0 saturated carbocycles. The first-order valence-electron chi connectivity index (χ1n) is 11.3. The summed E-state index contributed by atoms with van der Waals surface area (Å²) in [5.74, 6) is 0.344. The van der Waals surface area contributed by atoms with Gasteiger partial charge in [0.15, 0.2) is 17.3 Å². The zero-order valence-corrected chi connectivity index (χ0v) is 19.5. The normalized spacial score (nSPS) is 14.5. The fourth-order valence-corrected chi connectivity index (χ4v) is 3.99. The van der Waals surface area contributed by atoms with E-state index in [4.69, 9.17) is 4.42 Å². The third-order valence-electron chi connectivity index (χ3n) is 5.99. The number of piperazine rings is 1. The Morgan fingerprint density at radius 3 is 2.53 bits per heavy atom. The maximum absolute atomic E-state index is 10.9. The number of nitro groups is 1. The first-order valence-corrected chi connectivity index (χ1v) is 11.3.